The third kappa shape index (κ3) is 6.98. The molecule has 1 saturated heterocycles. The zero-order valence-corrected chi connectivity index (χ0v) is 26.9. The third-order valence-electron chi connectivity index (χ3n) is 7.57. The van der Waals surface area contributed by atoms with Gasteiger partial charge in [0.15, 0.2) is 5.82 Å². The summed E-state index contributed by atoms with van der Waals surface area (Å²) in [6, 6.07) is 4.00. The first-order chi connectivity index (χ1) is 20.8. The molecule has 4 N–H and O–H groups in total. The van der Waals surface area contributed by atoms with Crippen LogP contribution in [0.3, 0.4) is 0 Å². The summed E-state index contributed by atoms with van der Waals surface area (Å²) in [5.41, 5.74) is 0.212. The van der Waals surface area contributed by atoms with Gasteiger partial charge in [0.1, 0.15) is 30.0 Å². The van der Waals surface area contributed by atoms with Crippen LogP contribution in [0.1, 0.15) is 40.5 Å². The number of rotatable bonds is 9. The summed E-state index contributed by atoms with van der Waals surface area (Å²) >= 11 is 11.9. The highest BCUT2D eigenvalue weighted by atomic mass is 35.5. The second-order valence-corrected chi connectivity index (χ2v) is 12.4. The molecule has 1 fully saturated rings. The number of likely N-dealkylation sites (N-methyl/N-ethyl adjacent to an activating group) is 1. The van der Waals surface area contributed by atoms with Crippen molar-refractivity contribution in [3.63, 3.8) is 0 Å². The van der Waals surface area contributed by atoms with Crippen LogP contribution in [0.15, 0.2) is 30.6 Å². The number of carbonyl (C=O) groups excluding carboxylic acids is 3. The molecule has 0 spiro atoms. The molecule has 4 rings (SSSR count). The van der Waals surface area contributed by atoms with Gasteiger partial charge in [0.2, 0.25) is 17.7 Å². The number of aromatic nitrogens is 2. The maximum atomic E-state index is 14.8. The molecule has 1 unspecified atom stereocenters. The van der Waals surface area contributed by atoms with Crippen LogP contribution in [0.5, 0.6) is 5.75 Å². The van der Waals surface area contributed by atoms with E-state index >= 15 is 0 Å². The van der Waals surface area contributed by atoms with Crippen LogP contribution in [-0.2, 0) is 14.4 Å². The number of amides is 3. The Hall–Kier alpha value is -3.74. The molecular weight excluding hydrogens is 612 g/mol. The number of fused-ring (bicyclic) bond motifs is 1. The lowest BCUT2D eigenvalue weighted by Crippen LogP contribution is -2.59. The molecule has 44 heavy (non-hydrogen) atoms. The summed E-state index contributed by atoms with van der Waals surface area (Å²) < 4.78 is 20.3. The molecular formula is C30H36Cl2FN7O4. The SMILES string of the molecule is CN[C@@H](C)C(=O)N[C@H](C(=O)N1CCCC1C(=O)Nc1cc2c(Nc3ccc(Cl)c(Cl)c3F)ncnc2cc1OC)C(C)(C)C. The number of nitrogens with one attached hydrogen (secondary N) is 4. The minimum Gasteiger partial charge on any atom is -0.494 e. The Balaban J connectivity index is 1.62. The molecule has 2 aromatic carbocycles. The van der Waals surface area contributed by atoms with Gasteiger partial charge in [-0.1, -0.05) is 44.0 Å². The van der Waals surface area contributed by atoms with E-state index in [-0.39, 0.29) is 33.4 Å². The second kappa shape index (κ2) is 13.5. The average molecular weight is 649 g/mol. The van der Waals surface area contributed by atoms with Crippen molar-refractivity contribution in [1.29, 1.82) is 0 Å². The predicted octanol–water partition coefficient (Wildman–Crippen LogP) is 4.90. The number of halogens is 3. The molecule has 3 aromatic rings. The first-order valence-corrected chi connectivity index (χ1v) is 14.8. The molecule has 2 heterocycles. The largest absolute Gasteiger partial charge is 0.494 e. The van der Waals surface area contributed by atoms with Crippen molar-refractivity contribution in [2.45, 2.75) is 58.7 Å². The second-order valence-electron chi connectivity index (χ2n) is 11.6. The summed E-state index contributed by atoms with van der Waals surface area (Å²) in [5, 5.41) is 11.8. The van der Waals surface area contributed by atoms with Gasteiger partial charge < -0.3 is 30.9 Å². The molecule has 11 nitrogen and oxygen atoms in total. The number of carbonyl (C=O) groups is 3. The monoisotopic (exact) mass is 647 g/mol. The summed E-state index contributed by atoms with van der Waals surface area (Å²) in [7, 11) is 3.12. The van der Waals surface area contributed by atoms with Crippen molar-refractivity contribution in [2.75, 3.05) is 31.3 Å². The topological polar surface area (TPSA) is 138 Å². The van der Waals surface area contributed by atoms with Crippen LogP contribution >= 0.6 is 23.2 Å². The van der Waals surface area contributed by atoms with Crippen molar-refractivity contribution < 1.29 is 23.5 Å². The van der Waals surface area contributed by atoms with Crippen LogP contribution in [0.2, 0.25) is 10.0 Å². The smallest absolute Gasteiger partial charge is 0.247 e. The first-order valence-electron chi connectivity index (χ1n) is 14.1. The minimum absolute atomic E-state index is 0.0468. The molecule has 1 aliphatic heterocycles. The first kappa shape index (κ1) is 33.2. The zero-order chi connectivity index (χ0) is 32.3. The maximum Gasteiger partial charge on any atom is 0.247 e. The number of benzene rings is 2. The van der Waals surface area contributed by atoms with E-state index < -0.39 is 35.3 Å². The molecule has 0 bridgehead atoms. The highest BCUT2D eigenvalue weighted by Crippen LogP contribution is 2.36. The average Bonchev–Trinajstić information content (AvgIpc) is 3.49. The number of ether oxygens (including phenoxy) is 1. The molecule has 1 aromatic heterocycles. The highest BCUT2D eigenvalue weighted by Gasteiger charge is 2.42. The van der Waals surface area contributed by atoms with Crippen molar-refractivity contribution in [1.82, 2.24) is 25.5 Å². The molecule has 0 radical (unpaired) electrons. The molecule has 1 aliphatic rings. The van der Waals surface area contributed by atoms with Gasteiger partial charge in [0, 0.05) is 18.0 Å². The minimum atomic E-state index is -0.845. The summed E-state index contributed by atoms with van der Waals surface area (Å²) in [5.74, 6) is -1.23. The third-order valence-corrected chi connectivity index (χ3v) is 8.35. The lowest BCUT2D eigenvalue weighted by atomic mass is 9.85. The molecule has 14 heteroatoms. The van der Waals surface area contributed by atoms with Crippen molar-refractivity contribution in [3.05, 3.63) is 46.5 Å². The highest BCUT2D eigenvalue weighted by molar-refractivity contribution is 6.42. The van der Waals surface area contributed by atoms with Crippen molar-refractivity contribution in [2.24, 2.45) is 5.41 Å². The summed E-state index contributed by atoms with van der Waals surface area (Å²) in [4.78, 5) is 50.3. The van der Waals surface area contributed by atoms with Gasteiger partial charge in [-0.05, 0) is 50.4 Å². The standard InChI is InChI=1S/C30H36Cl2FN7O4/c1-15(34-5)27(41)39-25(30(2,3)4)29(43)40-11-7-8-21(40)28(42)38-20-12-16-19(13-22(20)44-6)35-14-36-26(16)37-18-10-9-17(31)23(32)24(18)33/h9-10,12-15,21,25,34H,7-8,11H2,1-6H3,(H,38,42)(H,39,41)(H,35,36,37)/t15-,21?,25+/m0/s1. The van der Waals surface area contributed by atoms with E-state index in [1.807, 2.05) is 20.8 Å². The Morgan fingerprint density at radius 3 is 2.52 bits per heavy atom. The Kier molecular flexibility index (Phi) is 10.2. The normalized spacial score (nSPS) is 16.4. The van der Waals surface area contributed by atoms with E-state index in [4.69, 9.17) is 27.9 Å². The number of nitrogens with zero attached hydrogens (tertiary/aromatic N) is 3. The Bertz CT molecular complexity index is 1580. The molecule has 0 aliphatic carbocycles. The Labute approximate surface area is 265 Å². The van der Waals surface area contributed by atoms with E-state index in [1.54, 1.807) is 26.1 Å². The number of methoxy groups -OCH3 is 1. The number of hydrogen-bond donors (Lipinski definition) is 4. The van der Waals surface area contributed by atoms with Crippen LogP contribution in [0.4, 0.5) is 21.6 Å². The number of likely N-dealkylation sites (tertiary alicyclic amines) is 1. The van der Waals surface area contributed by atoms with Gasteiger partial charge in [0.05, 0.1) is 40.1 Å². The van der Waals surface area contributed by atoms with E-state index in [9.17, 15) is 18.8 Å². The van der Waals surface area contributed by atoms with Crippen molar-refractivity contribution in [3.8, 4) is 5.75 Å². The van der Waals surface area contributed by atoms with Crippen LogP contribution in [0, 0.1) is 11.2 Å². The van der Waals surface area contributed by atoms with E-state index in [0.29, 0.717) is 41.7 Å². The van der Waals surface area contributed by atoms with Gasteiger partial charge in [0.25, 0.3) is 0 Å². The van der Waals surface area contributed by atoms with E-state index in [0.717, 1.165) is 0 Å². The molecule has 3 amide bonds. The van der Waals surface area contributed by atoms with Crippen LogP contribution < -0.4 is 26.0 Å². The van der Waals surface area contributed by atoms with Gasteiger partial charge in [-0.25, -0.2) is 14.4 Å². The van der Waals surface area contributed by atoms with E-state index in [2.05, 4.69) is 31.2 Å². The van der Waals surface area contributed by atoms with Gasteiger partial charge >= 0.3 is 0 Å². The lowest BCUT2D eigenvalue weighted by molar-refractivity contribution is -0.143. The van der Waals surface area contributed by atoms with Gasteiger partial charge in [-0.2, -0.15) is 0 Å². The van der Waals surface area contributed by atoms with E-state index in [1.165, 1.54) is 30.5 Å². The molecule has 3 atom stereocenters. The Morgan fingerprint density at radius 1 is 1.14 bits per heavy atom. The lowest BCUT2D eigenvalue weighted by Gasteiger charge is -2.36. The Morgan fingerprint density at radius 2 is 1.86 bits per heavy atom. The zero-order valence-electron chi connectivity index (χ0n) is 25.3. The summed E-state index contributed by atoms with van der Waals surface area (Å²) in [6.45, 7) is 7.66. The fourth-order valence-corrected chi connectivity index (χ4v) is 5.24. The summed E-state index contributed by atoms with van der Waals surface area (Å²) in [6.07, 6.45) is 2.37. The van der Waals surface area contributed by atoms with Crippen LogP contribution in [-0.4, -0.2) is 71.4 Å². The van der Waals surface area contributed by atoms with Crippen LogP contribution in [0.25, 0.3) is 10.9 Å². The quantitative estimate of drug-likeness (QED) is 0.241. The van der Waals surface area contributed by atoms with Gasteiger partial charge in [-0.15, -0.1) is 0 Å². The number of hydrogen-bond acceptors (Lipinski definition) is 8. The molecule has 0 saturated carbocycles. The fraction of sp³-hybridized carbons (Fsp3) is 0.433. The molecule has 236 valence electrons. The van der Waals surface area contributed by atoms with Crippen molar-refractivity contribution >= 4 is 69.0 Å². The maximum absolute atomic E-state index is 14.8. The fourth-order valence-electron chi connectivity index (χ4n) is 4.93. The van der Waals surface area contributed by atoms with Gasteiger partial charge in [-0.3, -0.25) is 14.4 Å². The predicted molar refractivity (Wildman–Crippen MR) is 169 cm³/mol. The number of anilines is 3.